The van der Waals surface area contributed by atoms with Gasteiger partial charge in [-0.05, 0) is 25.3 Å². The maximum Gasteiger partial charge on any atom is 0.338 e. The van der Waals surface area contributed by atoms with Crippen molar-refractivity contribution in [3.05, 3.63) is 35.5 Å². The second-order valence-electron chi connectivity index (χ2n) is 3.78. The van der Waals surface area contributed by atoms with E-state index in [2.05, 4.69) is 15.5 Å². The fraction of sp³-hybridized carbons (Fsp3) is 0.250. The average molecular weight is 279 g/mol. The van der Waals surface area contributed by atoms with Crippen molar-refractivity contribution in [3.63, 3.8) is 0 Å². The molecule has 6 nitrogen and oxygen atoms in total. The van der Waals surface area contributed by atoms with Crippen LogP contribution in [0, 0.1) is 6.92 Å². The molecule has 0 spiro atoms. The van der Waals surface area contributed by atoms with Crippen molar-refractivity contribution in [1.29, 1.82) is 0 Å². The van der Waals surface area contributed by atoms with E-state index in [1.54, 1.807) is 25.1 Å². The summed E-state index contributed by atoms with van der Waals surface area (Å²) < 4.78 is 4.97. The zero-order chi connectivity index (χ0) is 13.8. The zero-order valence-corrected chi connectivity index (χ0v) is 11.3. The Bertz CT molecular complexity index is 598. The van der Waals surface area contributed by atoms with E-state index < -0.39 is 5.97 Å². The molecule has 0 aliphatic rings. The first-order valence-electron chi connectivity index (χ1n) is 5.55. The average Bonchev–Trinajstić information content (AvgIpc) is 2.81. The highest BCUT2D eigenvalue weighted by Gasteiger charge is 2.15. The van der Waals surface area contributed by atoms with Crippen LogP contribution < -0.4 is 5.32 Å². The van der Waals surface area contributed by atoms with Gasteiger partial charge in [0, 0.05) is 4.90 Å². The number of rotatable bonds is 5. The van der Waals surface area contributed by atoms with Crippen LogP contribution >= 0.6 is 11.8 Å². The number of thioether (sulfide) groups is 1. The molecule has 0 atom stereocenters. The molecular formula is C12H13N3O3S. The Morgan fingerprint density at radius 2 is 2.32 bits per heavy atom. The van der Waals surface area contributed by atoms with Gasteiger partial charge in [-0.15, -0.1) is 11.8 Å². The van der Waals surface area contributed by atoms with Crippen LogP contribution in [0.4, 0.5) is 5.69 Å². The summed E-state index contributed by atoms with van der Waals surface area (Å²) in [5.41, 5.74) is 0.793. The molecule has 1 heterocycles. The van der Waals surface area contributed by atoms with Crippen LogP contribution in [0.1, 0.15) is 22.1 Å². The van der Waals surface area contributed by atoms with E-state index >= 15 is 0 Å². The van der Waals surface area contributed by atoms with E-state index in [4.69, 9.17) is 4.52 Å². The Labute approximate surface area is 114 Å². The third-order valence-corrected chi connectivity index (χ3v) is 3.24. The monoisotopic (exact) mass is 279 g/mol. The maximum absolute atomic E-state index is 11.3. The number of benzene rings is 1. The number of nitrogens with zero attached hydrogens (tertiary/aromatic N) is 2. The highest BCUT2D eigenvalue weighted by atomic mass is 32.2. The summed E-state index contributed by atoms with van der Waals surface area (Å²) >= 11 is 1.39. The minimum Gasteiger partial charge on any atom is -0.478 e. The summed E-state index contributed by atoms with van der Waals surface area (Å²) in [4.78, 5) is 16.1. The van der Waals surface area contributed by atoms with Gasteiger partial charge in [0.15, 0.2) is 5.82 Å². The molecule has 7 heteroatoms. The Hall–Kier alpha value is -2.02. The lowest BCUT2D eigenvalue weighted by atomic mass is 10.2. The predicted octanol–water partition coefficient (Wildman–Crippen LogP) is 2.41. The Morgan fingerprint density at radius 3 is 2.89 bits per heavy atom. The van der Waals surface area contributed by atoms with E-state index in [0.717, 1.165) is 0 Å². The molecule has 1 aromatic carbocycles. The van der Waals surface area contributed by atoms with Crippen LogP contribution in [0.5, 0.6) is 0 Å². The molecule has 1 aromatic heterocycles. The fourth-order valence-electron chi connectivity index (χ4n) is 1.65. The first kappa shape index (κ1) is 13.4. The van der Waals surface area contributed by atoms with E-state index in [-0.39, 0.29) is 5.56 Å². The molecule has 19 heavy (non-hydrogen) atoms. The number of anilines is 1. The molecule has 100 valence electrons. The summed E-state index contributed by atoms with van der Waals surface area (Å²) in [7, 11) is 0. The molecule has 2 N–H and O–H groups in total. The lowest BCUT2D eigenvalue weighted by molar-refractivity contribution is 0.0694. The van der Waals surface area contributed by atoms with Gasteiger partial charge in [-0.1, -0.05) is 11.2 Å². The number of carbonyl (C=O) groups is 1. The maximum atomic E-state index is 11.3. The van der Waals surface area contributed by atoms with Crippen molar-refractivity contribution in [2.24, 2.45) is 0 Å². The van der Waals surface area contributed by atoms with Crippen molar-refractivity contribution in [1.82, 2.24) is 10.1 Å². The number of aromatic nitrogens is 2. The van der Waals surface area contributed by atoms with Crippen LogP contribution in [0.25, 0.3) is 0 Å². The van der Waals surface area contributed by atoms with Crippen LogP contribution in [-0.4, -0.2) is 27.5 Å². The number of nitrogens with one attached hydrogen (secondary N) is 1. The summed E-state index contributed by atoms with van der Waals surface area (Å²) in [5, 5.41) is 16.0. The highest BCUT2D eigenvalue weighted by molar-refractivity contribution is 7.98. The van der Waals surface area contributed by atoms with Gasteiger partial charge in [-0.3, -0.25) is 0 Å². The number of aryl methyl sites for hydroxylation is 1. The van der Waals surface area contributed by atoms with Crippen molar-refractivity contribution < 1.29 is 14.4 Å². The van der Waals surface area contributed by atoms with Crippen molar-refractivity contribution in [2.45, 2.75) is 18.4 Å². The standard InChI is InChI=1S/C12H13N3O3S/c1-7-14-10(18-15-7)6-13-8-4-3-5-9(19-2)11(8)12(16)17/h3-5,13H,6H2,1-2H3,(H,16,17). The molecule has 0 fully saturated rings. The number of hydrogen-bond acceptors (Lipinski definition) is 6. The Morgan fingerprint density at radius 1 is 1.53 bits per heavy atom. The highest BCUT2D eigenvalue weighted by Crippen LogP contribution is 2.27. The van der Waals surface area contributed by atoms with E-state index in [1.165, 1.54) is 11.8 Å². The number of carboxylic acids is 1. The van der Waals surface area contributed by atoms with E-state index in [0.29, 0.717) is 28.8 Å². The van der Waals surface area contributed by atoms with Gasteiger partial charge in [0.1, 0.15) is 0 Å². The van der Waals surface area contributed by atoms with Crippen LogP contribution in [0.2, 0.25) is 0 Å². The Balaban J connectivity index is 2.22. The van der Waals surface area contributed by atoms with Crippen LogP contribution in [0.3, 0.4) is 0 Å². The first-order valence-corrected chi connectivity index (χ1v) is 6.77. The molecule has 0 aliphatic heterocycles. The summed E-state index contributed by atoms with van der Waals surface area (Å²) in [6.07, 6.45) is 1.84. The molecular weight excluding hydrogens is 266 g/mol. The Kier molecular flexibility index (Phi) is 4.06. The van der Waals surface area contributed by atoms with Gasteiger partial charge in [0.25, 0.3) is 0 Å². The zero-order valence-electron chi connectivity index (χ0n) is 10.5. The molecule has 0 amide bonds. The molecule has 0 unspecified atom stereocenters. The van der Waals surface area contributed by atoms with Crippen LogP contribution in [0.15, 0.2) is 27.6 Å². The van der Waals surface area contributed by atoms with Crippen molar-refractivity contribution >= 4 is 23.4 Å². The SMILES string of the molecule is CSc1cccc(NCc2nc(C)no2)c1C(=O)O. The topological polar surface area (TPSA) is 88.3 Å². The number of hydrogen-bond donors (Lipinski definition) is 2. The van der Waals surface area contributed by atoms with E-state index in [9.17, 15) is 9.90 Å². The summed E-state index contributed by atoms with van der Waals surface area (Å²) in [6, 6.07) is 5.29. The first-order chi connectivity index (χ1) is 9.11. The van der Waals surface area contributed by atoms with Gasteiger partial charge in [-0.25, -0.2) is 4.79 Å². The second-order valence-corrected chi connectivity index (χ2v) is 4.62. The molecule has 0 aliphatic carbocycles. The summed E-state index contributed by atoms with van der Waals surface area (Å²) in [6.45, 7) is 2.02. The molecule has 0 bridgehead atoms. The van der Waals surface area contributed by atoms with Gasteiger partial charge >= 0.3 is 5.97 Å². The van der Waals surface area contributed by atoms with Gasteiger partial charge < -0.3 is 14.9 Å². The molecule has 0 radical (unpaired) electrons. The van der Waals surface area contributed by atoms with Crippen molar-refractivity contribution in [3.8, 4) is 0 Å². The molecule has 0 saturated carbocycles. The third kappa shape index (κ3) is 3.05. The molecule has 2 aromatic rings. The summed E-state index contributed by atoms with van der Waals surface area (Å²) in [5.74, 6) is 0.00526. The number of aromatic carboxylic acids is 1. The normalized spacial score (nSPS) is 10.4. The number of carboxylic acid groups (broad SMARTS) is 1. The van der Waals surface area contributed by atoms with Crippen LogP contribution in [-0.2, 0) is 6.54 Å². The quantitative estimate of drug-likeness (QED) is 0.812. The molecule has 2 rings (SSSR count). The predicted molar refractivity (Wildman–Crippen MR) is 71.5 cm³/mol. The largest absolute Gasteiger partial charge is 0.478 e. The lowest BCUT2D eigenvalue weighted by Crippen LogP contribution is -2.08. The third-order valence-electron chi connectivity index (χ3n) is 2.46. The van der Waals surface area contributed by atoms with E-state index in [1.807, 2.05) is 6.26 Å². The lowest BCUT2D eigenvalue weighted by Gasteiger charge is -2.10. The van der Waals surface area contributed by atoms with Gasteiger partial charge in [-0.2, -0.15) is 4.98 Å². The molecule has 0 saturated heterocycles. The van der Waals surface area contributed by atoms with Gasteiger partial charge in [0.2, 0.25) is 5.89 Å². The van der Waals surface area contributed by atoms with Crippen molar-refractivity contribution in [2.75, 3.05) is 11.6 Å². The fourth-order valence-corrected chi connectivity index (χ4v) is 2.27. The van der Waals surface area contributed by atoms with Gasteiger partial charge in [0.05, 0.1) is 17.8 Å². The smallest absolute Gasteiger partial charge is 0.338 e. The second kappa shape index (κ2) is 5.75. The minimum absolute atomic E-state index is 0.256. The minimum atomic E-state index is -0.964.